The molecule has 9 N–H and O–H groups in total. The largest absolute Gasteiger partial charge is 0.480 e. The number of carboxylic acids is 1. The molecule has 0 aliphatic rings. The molecule has 0 bridgehead atoms. The molecule has 12 nitrogen and oxygen atoms in total. The van der Waals surface area contributed by atoms with Crippen LogP contribution in [0.1, 0.15) is 33.6 Å². The minimum atomic E-state index is -1.51. The smallest absolute Gasteiger partial charge is 0.328 e. The predicted molar refractivity (Wildman–Crippen MR) is 97.4 cm³/mol. The van der Waals surface area contributed by atoms with Gasteiger partial charge in [-0.3, -0.25) is 19.2 Å². The molecule has 0 aliphatic carbocycles. The van der Waals surface area contributed by atoms with Crippen LogP contribution in [0, 0.1) is 5.92 Å². The number of carboxylic acid groups (broad SMARTS) is 1. The van der Waals surface area contributed by atoms with Gasteiger partial charge in [0.1, 0.15) is 18.1 Å². The van der Waals surface area contributed by atoms with Crippen molar-refractivity contribution in [3.63, 3.8) is 0 Å². The predicted octanol–water partition coefficient (Wildman–Crippen LogP) is -3.21. The summed E-state index contributed by atoms with van der Waals surface area (Å²) < 4.78 is 0. The van der Waals surface area contributed by atoms with E-state index in [-0.39, 0.29) is 12.3 Å². The molecule has 0 rings (SSSR count). The van der Waals surface area contributed by atoms with E-state index in [4.69, 9.17) is 21.7 Å². The fraction of sp³-hybridized carbons (Fsp3) is 0.688. The molecule has 0 radical (unpaired) electrons. The van der Waals surface area contributed by atoms with Gasteiger partial charge < -0.3 is 37.6 Å². The number of hydrogen-bond donors (Lipinski definition) is 7. The zero-order valence-electron chi connectivity index (χ0n) is 16.1. The van der Waals surface area contributed by atoms with Crippen LogP contribution in [0.25, 0.3) is 0 Å². The first-order chi connectivity index (χ1) is 12.9. The fourth-order valence-electron chi connectivity index (χ4n) is 2.15. The Labute approximate surface area is 162 Å². The zero-order chi connectivity index (χ0) is 22.0. The highest BCUT2D eigenvalue weighted by molar-refractivity contribution is 5.94. The number of nitrogens with two attached hydrogens (primary N) is 2. The summed E-state index contributed by atoms with van der Waals surface area (Å²) >= 11 is 0. The van der Waals surface area contributed by atoms with E-state index in [2.05, 4.69) is 16.0 Å². The molecule has 4 amide bonds. The molecule has 0 saturated heterocycles. The van der Waals surface area contributed by atoms with E-state index in [9.17, 15) is 24.0 Å². The van der Waals surface area contributed by atoms with E-state index < -0.39 is 66.8 Å². The number of aliphatic hydroxyl groups excluding tert-OH is 1. The van der Waals surface area contributed by atoms with E-state index in [0.717, 1.165) is 0 Å². The molecule has 0 aliphatic heterocycles. The molecule has 0 spiro atoms. The highest BCUT2D eigenvalue weighted by Gasteiger charge is 2.29. The van der Waals surface area contributed by atoms with E-state index in [1.165, 1.54) is 6.92 Å². The van der Waals surface area contributed by atoms with Crippen molar-refractivity contribution in [2.75, 3.05) is 6.61 Å². The lowest BCUT2D eigenvalue weighted by molar-refractivity contribution is -0.143. The summed E-state index contributed by atoms with van der Waals surface area (Å²) in [6.45, 7) is 4.12. The summed E-state index contributed by atoms with van der Waals surface area (Å²) in [5.74, 6) is -4.48. The van der Waals surface area contributed by atoms with E-state index >= 15 is 0 Å². The summed E-state index contributed by atoms with van der Waals surface area (Å²) in [6, 6.07) is -4.90. The van der Waals surface area contributed by atoms with Gasteiger partial charge in [0, 0.05) is 0 Å². The Hall–Kier alpha value is -2.73. The summed E-state index contributed by atoms with van der Waals surface area (Å²) in [5.41, 5.74) is 10.4. The highest BCUT2D eigenvalue weighted by atomic mass is 16.4. The summed E-state index contributed by atoms with van der Waals surface area (Å²) in [5, 5.41) is 24.8. The standard InChI is InChI=1S/C16H29N5O7/c1-7(2)4-10(15(26)21-11(6-22)16(27)28)20-13(24)8(3)19-14(25)9(17)5-12(18)23/h7-11,22H,4-6,17H2,1-3H3,(H2,18,23)(H,19,25)(H,20,24)(H,21,26)(H,27,28). The van der Waals surface area contributed by atoms with E-state index in [1.807, 2.05) is 0 Å². The van der Waals surface area contributed by atoms with Crippen LogP contribution >= 0.6 is 0 Å². The van der Waals surface area contributed by atoms with E-state index in [0.29, 0.717) is 0 Å². The molecule has 4 atom stereocenters. The molecular formula is C16H29N5O7. The van der Waals surface area contributed by atoms with Crippen LogP contribution in [0.5, 0.6) is 0 Å². The maximum atomic E-state index is 12.3. The van der Waals surface area contributed by atoms with Gasteiger partial charge in [-0.2, -0.15) is 0 Å². The average Bonchev–Trinajstić information content (AvgIpc) is 2.57. The van der Waals surface area contributed by atoms with Crippen molar-refractivity contribution in [2.24, 2.45) is 17.4 Å². The monoisotopic (exact) mass is 403 g/mol. The molecule has 12 heteroatoms. The third kappa shape index (κ3) is 9.28. The van der Waals surface area contributed by atoms with Gasteiger partial charge in [0.2, 0.25) is 23.6 Å². The third-order valence-corrected chi connectivity index (χ3v) is 3.65. The SMILES string of the molecule is CC(C)CC(NC(=O)C(C)NC(=O)C(N)CC(N)=O)C(=O)NC(CO)C(=O)O. The van der Waals surface area contributed by atoms with Gasteiger partial charge in [0.25, 0.3) is 0 Å². The first-order valence-electron chi connectivity index (χ1n) is 8.67. The minimum Gasteiger partial charge on any atom is -0.480 e. The molecule has 0 fully saturated rings. The zero-order valence-corrected chi connectivity index (χ0v) is 16.1. The summed E-state index contributed by atoms with van der Waals surface area (Å²) in [7, 11) is 0. The molecule has 0 aromatic heterocycles. The molecule has 0 heterocycles. The Kier molecular flexibility index (Phi) is 10.7. The molecule has 28 heavy (non-hydrogen) atoms. The third-order valence-electron chi connectivity index (χ3n) is 3.65. The number of aliphatic carboxylic acids is 1. The Bertz CT molecular complexity index is 596. The van der Waals surface area contributed by atoms with Crippen LogP contribution in [0.15, 0.2) is 0 Å². The lowest BCUT2D eigenvalue weighted by Crippen LogP contribution is -2.57. The Morgan fingerprint density at radius 1 is 0.893 bits per heavy atom. The Balaban J connectivity index is 5.00. The Morgan fingerprint density at radius 3 is 1.86 bits per heavy atom. The molecule has 0 aromatic carbocycles. The van der Waals surface area contributed by atoms with Crippen LogP contribution in [-0.4, -0.2) is 70.6 Å². The van der Waals surface area contributed by atoms with Gasteiger partial charge >= 0.3 is 5.97 Å². The van der Waals surface area contributed by atoms with Crippen LogP contribution < -0.4 is 27.4 Å². The van der Waals surface area contributed by atoms with E-state index in [1.54, 1.807) is 13.8 Å². The number of carbonyl (C=O) groups is 5. The average molecular weight is 403 g/mol. The quantitative estimate of drug-likeness (QED) is 0.175. The number of rotatable bonds is 12. The number of hydrogen-bond acceptors (Lipinski definition) is 7. The first kappa shape index (κ1) is 25.3. The van der Waals surface area contributed by atoms with Crippen molar-refractivity contribution in [3.05, 3.63) is 0 Å². The second-order valence-corrected chi connectivity index (χ2v) is 6.78. The second kappa shape index (κ2) is 11.9. The first-order valence-corrected chi connectivity index (χ1v) is 8.67. The number of aliphatic hydroxyl groups is 1. The number of amides is 4. The maximum Gasteiger partial charge on any atom is 0.328 e. The minimum absolute atomic E-state index is 0.0256. The molecule has 0 saturated carbocycles. The highest BCUT2D eigenvalue weighted by Crippen LogP contribution is 2.06. The van der Waals surface area contributed by atoms with Crippen molar-refractivity contribution in [1.29, 1.82) is 0 Å². The van der Waals surface area contributed by atoms with Gasteiger partial charge in [-0.15, -0.1) is 0 Å². The molecular weight excluding hydrogens is 374 g/mol. The molecule has 160 valence electrons. The van der Waals surface area contributed by atoms with Gasteiger partial charge in [-0.05, 0) is 19.3 Å². The van der Waals surface area contributed by atoms with Crippen LogP contribution in [0.2, 0.25) is 0 Å². The van der Waals surface area contributed by atoms with Crippen LogP contribution in [0.4, 0.5) is 0 Å². The van der Waals surface area contributed by atoms with Crippen LogP contribution in [-0.2, 0) is 24.0 Å². The van der Waals surface area contributed by atoms with Crippen molar-refractivity contribution in [1.82, 2.24) is 16.0 Å². The maximum absolute atomic E-state index is 12.3. The topological polar surface area (TPSA) is 214 Å². The van der Waals surface area contributed by atoms with Gasteiger partial charge in [0.15, 0.2) is 0 Å². The van der Waals surface area contributed by atoms with Gasteiger partial charge in [0.05, 0.1) is 19.1 Å². The van der Waals surface area contributed by atoms with Crippen molar-refractivity contribution in [3.8, 4) is 0 Å². The summed E-state index contributed by atoms with van der Waals surface area (Å²) in [6.07, 6.45) is -0.201. The summed E-state index contributed by atoms with van der Waals surface area (Å²) in [4.78, 5) is 58.2. The lowest BCUT2D eigenvalue weighted by atomic mass is 10.0. The van der Waals surface area contributed by atoms with Crippen molar-refractivity contribution < 1.29 is 34.2 Å². The van der Waals surface area contributed by atoms with Gasteiger partial charge in [-0.25, -0.2) is 4.79 Å². The fourth-order valence-corrected chi connectivity index (χ4v) is 2.15. The molecule has 0 aromatic rings. The Morgan fingerprint density at radius 2 is 1.43 bits per heavy atom. The van der Waals surface area contributed by atoms with Crippen LogP contribution in [0.3, 0.4) is 0 Å². The van der Waals surface area contributed by atoms with Gasteiger partial charge in [-0.1, -0.05) is 13.8 Å². The number of primary amides is 1. The normalized spacial score (nSPS) is 15.1. The number of carbonyl (C=O) groups excluding carboxylic acids is 4. The number of nitrogens with one attached hydrogen (secondary N) is 3. The van der Waals surface area contributed by atoms with Crippen molar-refractivity contribution >= 4 is 29.6 Å². The lowest BCUT2D eigenvalue weighted by Gasteiger charge is -2.24. The van der Waals surface area contributed by atoms with Crippen molar-refractivity contribution in [2.45, 2.75) is 57.8 Å². The molecule has 4 unspecified atom stereocenters. The second-order valence-electron chi connectivity index (χ2n) is 6.78.